The summed E-state index contributed by atoms with van der Waals surface area (Å²) in [7, 11) is -3.93. The van der Waals surface area contributed by atoms with E-state index in [1.807, 2.05) is 6.92 Å². The highest BCUT2D eigenvalue weighted by Gasteiger charge is 2.26. The third-order valence-corrected chi connectivity index (χ3v) is 4.99. The molecule has 0 bridgehead atoms. The van der Waals surface area contributed by atoms with Gasteiger partial charge in [-0.25, -0.2) is 0 Å². The fourth-order valence-corrected chi connectivity index (χ4v) is 3.31. The molecule has 7 heteroatoms. The lowest BCUT2D eigenvalue weighted by atomic mass is 9.99. The molecule has 0 saturated carbocycles. The standard InChI is InChI=1S/C20H25NO5S/c1-14-5-11-17(12-6-14)27(23,24)26-16-9-7-15(8-10-16)18(13-21)19(22)25-20(2,3)4/h5-12,18H,13,21H2,1-4H3. The topological polar surface area (TPSA) is 95.7 Å². The monoisotopic (exact) mass is 391 g/mol. The normalized spacial score (nSPS) is 13.1. The van der Waals surface area contributed by atoms with Crippen LogP contribution in [0.4, 0.5) is 0 Å². The van der Waals surface area contributed by atoms with E-state index in [1.54, 1.807) is 45.0 Å². The van der Waals surface area contributed by atoms with Crippen LogP contribution in [0.1, 0.15) is 37.8 Å². The number of carbonyl (C=O) groups excluding carboxylic acids is 1. The first kappa shape index (κ1) is 20.9. The zero-order chi connectivity index (χ0) is 20.2. The molecule has 0 saturated heterocycles. The first-order valence-corrected chi connectivity index (χ1v) is 9.97. The molecule has 0 fully saturated rings. The Morgan fingerprint density at radius 1 is 1.04 bits per heavy atom. The molecule has 0 aliphatic rings. The minimum Gasteiger partial charge on any atom is -0.459 e. The molecule has 146 valence electrons. The summed E-state index contributed by atoms with van der Waals surface area (Å²) in [5, 5.41) is 0. The van der Waals surface area contributed by atoms with E-state index in [2.05, 4.69) is 0 Å². The van der Waals surface area contributed by atoms with E-state index < -0.39 is 27.6 Å². The predicted molar refractivity (Wildman–Crippen MR) is 103 cm³/mol. The summed E-state index contributed by atoms with van der Waals surface area (Å²) >= 11 is 0. The average molecular weight is 391 g/mol. The van der Waals surface area contributed by atoms with Crippen molar-refractivity contribution in [3.8, 4) is 5.75 Å². The van der Waals surface area contributed by atoms with E-state index in [9.17, 15) is 13.2 Å². The molecule has 0 aromatic heterocycles. The number of hydrogen-bond donors (Lipinski definition) is 1. The molecule has 2 aromatic carbocycles. The van der Waals surface area contributed by atoms with Crippen LogP contribution in [0.3, 0.4) is 0 Å². The van der Waals surface area contributed by atoms with Gasteiger partial charge in [0.15, 0.2) is 0 Å². The first-order chi connectivity index (χ1) is 12.5. The summed E-state index contributed by atoms with van der Waals surface area (Å²) in [4.78, 5) is 12.4. The average Bonchev–Trinajstić information content (AvgIpc) is 2.55. The molecule has 2 aromatic rings. The Bertz CT molecular complexity index is 881. The summed E-state index contributed by atoms with van der Waals surface area (Å²) in [6.45, 7) is 7.30. The number of hydrogen-bond acceptors (Lipinski definition) is 6. The Balaban J connectivity index is 2.16. The lowest BCUT2D eigenvalue weighted by Gasteiger charge is -2.23. The highest BCUT2D eigenvalue weighted by molar-refractivity contribution is 7.87. The van der Waals surface area contributed by atoms with Crippen LogP contribution in [-0.2, 0) is 19.6 Å². The van der Waals surface area contributed by atoms with E-state index in [0.29, 0.717) is 5.56 Å². The Morgan fingerprint density at radius 3 is 2.07 bits per heavy atom. The van der Waals surface area contributed by atoms with Crippen molar-refractivity contribution in [2.45, 2.75) is 44.1 Å². The minimum absolute atomic E-state index is 0.0748. The zero-order valence-electron chi connectivity index (χ0n) is 15.9. The van der Waals surface area contributed by atoms with Crippen LogP contribution >= 0.6 is 0 Å². The van der Waals surface area contributed by atoms with Gasteiger partial charge in [0.2, 0.25) is 0 Å². The summed E-state index contributed by atoms with van der Waals surface area (Å²) in [6, 6.07) is 12.6. The lowest BCUT2D eigenvalue weighted by molar-refractivity contribution is -0.156. The quantitative estimate of drug-likeness (QED) is 0.600. The number of rotatable bonds is 6. The number of esters is 1. The van der Waals surface area contributed by atoms with Crippen molar-refractivity contribution in [3.05, 3.63) is 59.7 Å². The van der Waals surface area contributed by atoms with Crippen LogP contribution in [0, 0.1) is 6.92 Å². The molecule has 6 nitrogen and oxygen atoms in total. The van der Waals surface area contributed by atoms with Crippen LogP contribution < -0.4 is 9.92 Å². The maximum Gasteiger partial charge on any atom is 0.339 e. The van der Waals surface area contributed by atoms with Gasteiger partial charge >= 0.3 is 16.1 Å². The molecule has 27 heavy (non-hydrogen) atoms. The molecule has 0 aliphatic carbocycles. The third kappa shape index (κ3) is 5.80. The molecule has 0 aliphatic heterocycles. The van der Waals surface area contributed by atoms with Gasteiger partial charge in [0, 0.05) is 6.54 Å². The van der Waals surface area contributed by atoms with Crippen molar-refractivity contribution in [3.63, 3.8) is 0 Å². The molecule has 0 spiro atoms. The highest BCUT2D eigenvalue weighted by atomic mass is 32.2. The smallest absolute Gasteiger partial charge is 0.339 e. The van der Waals surface area contributed by atoms with Gasteiger partial charge in [0.25, 0.3) is 0 Å². The maximum atomic E-state index is 12.3. The molecule has 1 unspecified atom stereocenters. The van der Waals surface area contributed by atoms with Crippen LogP contribution in [0.15, 0.2) is 53.4 Å². The zero-order valence-corrected chi connectivity index (χ0v) is 16.7. The van der Waals surface area contributed by atoms with Crippen molar-refractivity contribution < 1.29 is 22.1 Å². The van der Waals surface area contributed by atoms with Crippen molar-refractivity contribution in [2.75, 3.05) is 6.54 Å². The van der Waals surface area contributed by atoms with Crippen LogP contribution in [0.25, 0.3) is 0 Å². The highest BCUT2D eigenvalue weighted by Crippen LogP contribution is 2.24. The fourth-order valence-electron chi connectivity index (χ4n) is 2.38. The second kappa shape index (κ2) is 8.10. The SMILES string of the molecule is Cc1ccc(S(=O)(=O)Oc2ccc(C(CN)C(=O)OC(C)(C)C)cc2)cc1. The van der Waals surface area contributed by atoms with Crippen LogP contribution in [0.5, 0.6) is 5.75 Å². The lowest BCUT2D eigenvalue weighted by Crippen LogP contribution is -2.31. The number of benzene rings is 2. The Hall–Kier alpha value is -2.38. The summed E-state index contributed by atoms with van der Waals surface area (Å²) < 4.78 is 35.2. The molecular weight excluding hydrogens is 366 g/mol. The Morgan fingerprint density at radius 2 is 1.59 bits per heavy atom. The number of carbonyl (C=O) groups is 1. The maximum absolute atomic E-state index is 12.3. The summed E-state index contributed by atoms with van der Waals surface area (Å²) in [5.74, 6) is -0.905. The van der Waals surface area contributed by atoms with E-state index in [0.717, 1.165) is 5.56 Å². The predicted octanol–water partition coefficient (Wildman–Crippen LogP) is 3.15. The molecular formula is C20H25NO5S. The van der Waals surface area contributed by atoms with E-state index in [4.69, 9.17) is 14.7 Å². The summed E-state index contributed by atoms with van der Waals surface area (Å²) in [5.41, 5.74) is 6.69. The van der Waals surface area contributed by atoms with Gasteiger partial charge in [0.1, 0.15) is 16.2 Å². The largest absolute Gasteiger partial charge is 0.459 e. The van der Waals surface area contributed by atoms with Crippen molar-refractivity contribution in [1.82, 2.24) is 0 Å². The van der Waals surface area contributed by atoms with Gasteiger partial charge in [-0.05, 0) is 57.5 Å². The van der Waals surface area contributed by atoms with Crippen LogP contribution in [0.2, 0.25) is 0 Å². The van der Waals surface area contributed by atoms with Crippen molar-refractivity contribution >= 4 is 16.1 Å². The number of ether oxygens (including phenoxy) is 1. The van der Waals surface area contributed by atoms with E-state index in [-0.39, 0.29) is 17.2 Å². The van der Waals surface area contributed by atoms with Gasteiger partial charge < -0.3 is 14.7 Å². The van der Waals surface area contributed by atoms with Gasteiger partial charge in [-0.2, -0.15) is 8.42 Å². The Labute approximate surface area is 160 Å². The second-order valence-electron chi connectivity index (χ2n) is 7.24. The van der Waals surface area contributed by atoms with Gasteiger partial charge in [-0.1, -0.05) is 29.8 Å². The van der Waals surface area contributed by atoms with Crippen molar-refractivity contribution in [2.24, 2.45) is 5.73 Å². The third-order valence-electron chi connectivity index (χ3n) is 3.73. The number of aryl methyl sites for hydroxylation is 1. The second-order valence-corrected chi connectivity index (χ2v) is 8.79. The summed E-state index contributed by atoms with van der Waals surface area (Å²) in [6.07, 6.45) is 0. The van der Waals surface area contributed by atoms with E-state index in [1.165, 1.54) is 24.3 Å². The van der Waals surface area contributed by atoms with Gasteiger partial charge in [0.05, 0.1) is 5.92 Å². The number of nitrogens with two attached hydrogens (primary N) is 1. The molecule has 0 amide bonds. The minimum atomic E-state index is -3.93. The van der Waals surface area contributed by atoms with Crippen molar-refractivity contribution in [1.29, 1.82) is 0 Å². The Kier molecular flexibility index (Phi) is 6.28. The van der Waals surface area contributed by atoms with Crippen LogP contribution in [-0.4, -0.2) is 26.5 Å². The first-order valence-electron chi connectivity index (χ1n) is 8.56. The fraction of sp³-hybridized carbons (Fsp3) is 0.350. The molecule has 0 radical (unpaired) electrons. The molecule has 2 rings (SSSR count). The molecule has 2 N–H and O–H groups in total. The van der Waals surface area contributed by atoms with Gasteiger partial charge in [-0.15, -0.1) is 0 Å². The molecule has 1 atom stereocenters. The molecule has 0 heterocycles. The van der Waals surface area contributed by atoms with E-state index >= 15 is 0 Å². The van der Waals surface area contributed by atoms with Gasteiger partial charge in [-0.3, -0.25) is 4.79 Å².